The molecule has 2 aromatic heterocycles. The van der Waals surface area contributed by atoms with Gasteiger partial charge in [-0.2, -0.15) is 0 Å². The molecule has 0 spiro atoms. The monoisotopic (exact) mass is 352 g/mol. The van der Waals surface area contributed by atoms with Gasteiger partial charge in [0.2, 0.25) is 0 Å². The number of pyridine rings is 1. The Morgan fingerprint density at radius 3 is 2.58 bits per heavy atom. The fourth-order valence-corrected chi connectivity index (χ4v) is 2.61. The molecule has 3 aromatic rings. The van der Waals surface area contributed by atoms with Crippen LogP contribution in [0, 0.1) is 0 Å². The Kier molecular flexibility index (Phi) is 4.93. The maximum Gasteiger partial charge on any atom is 0.261 e. The molecule has 0 saturated heterocycles. The predicted octanol–water partition coefficient (Wildman–Crippen LogP) is 3.11. The normalized spacial score (nSPS) is 12.8. The number of rotatable bonds is 5. The highest BCUT2D eigenvalue weighted by atomic mass is 16.5. The molecule has 1 aromatic carbocycles. The van der Waals surface area contributed by atoms with Crippen LogP contribution in [-0.4, -0.2) is 26.6 Å². The molecule has 6 nitrogen and oxygen atoms in total. The van der Waals surface area contributed by atoms with Crippen LogP contribution in [0.25, 0.3) is 5.65 Å². The van der Waals surface area contributed by atoms with Crippen molar-refractivity contribution in [3.05, 3.63) is 60.0 Å². The van der Waals surface area contributed by atoms with E-state index in [0.29, 0.717) is 18.1 Å². The second-order valence-electron chi connectivity index (χ2n) is 7.30. The van der Waals surface area contributed by atoms with Crippen LogP contribution in [0.2, 0.25) is 0 Å². The van der Waals surface area contributed by atoms with Crippen molar-refractivity contribution in [1.82, 2.24) is 19.9 Å². The van der Waals surface area contributed by atoms with Crippen LogP contribution in [0.5, 0.6) is 5.75 Å². The molecule has 1 amide bonds. The van der Waals surface area contributed by atoms with Crippen LogP contribution >= 0.6 is 0 Å². The molecule has 6 heteroatoms. The number of carbonyl (C=O) groups excluding carboxylic acids is 1. The minimum atomic E-state index is -0.602. The Morgan fingerprint density at radius 2 is 1.88 bits per heavy atom. The van der Waals surface area contributed by atoms with Crippen molar-refractivity contribution in [2.24, 2.45) is 0 Å². The molecule has 1 N–H and O–H groups in total. The first-order valence-electron chi connectivity index (χ1n) is 8.68. The predicted molar refractivity (Wildman–Crippen MR) is 100 cm³/mol. The first-order chi connectivity index (χ1) is 12.3. The highest BCUT2D eigenvalue weighted by Gasteiger charge is 2.17. The van der Waals surface area contributed by atoms with Crippen molar-refractivity contribution in [2.45, 2.75) is 45.8 Å². The van der Waals surface area contributed by atoms with Crippen LogP contribution in [-0.2, 0) is 16.8 Å². The van der Waals surface area contributed by atoms with Crippen molar-refractivity contribution in [3.8, 4) is 5.75 Å². The van der Waals surface area contributed by atoms with Gasteiger partial charge in [0.05, 0.1) is 6.54 Å². The molecule has 0 unspecified atom stereocenters. The number of ether oxygens (including phenoxy) is 1. The Hall–Kier alpha value is -2.89. The first kappa shape index (κ1) is 17.9. The SMILES string of the molecule is C[C@@H](Oc1ccc(C(C)(C)C)cc1)C(=O)NCc1nnc2ccccn12. The van der Waals surface area contributed by atoms with Crippen molar-refractivity contribution in [1.29, 1.82) is 0 Å². The van der Waals surface area contributed by atoms with Crippen molar-refractivity contribution < 1.29 is 9.53 Å². The Labute approximate surface area is 153 Å². The fourth-order valence-electron chi connectivity index (χ4n) is 2.61. The van der Waals surface area contributed by atoms with Crippen LogP contribution in [0.1, 0.15) is 39.1 Å². The summed E-state index contributed by atoms with van der Waals surface area (Å²) in [5.74, 6) is 1.15. The van der Waals surface area contributed by atoms with E-state index in [2.05, 4.69) is 36.3 Å². The zero-order valence-corrected chi connectivity index (χ0v) is 15.6. The standard InChI is InChI=1S/C20H24N4O2/c1-14(26-16-10-8-15(9-11-16)20(2,3)4)19(25)21-13-18-23-22-17-7-5-6-12-24(17)18/h5-12,14H,13H2,1-4H3,(H,21,25)/t14-/m1/s1. The molecule has 0 aliphatic rings. The maximum absolute atomic E-state index is 12.3. The van der Waals surface area contributed by atoms with E-state index in [1.165, 1.54) is 5.56 Å². The first-order valence-corrected chi connectivity index (χ1v) is 8.68. The summed E-state index contributed by atoms with van der Waals surface area (Å²) in [5.41, 5.74) is 2.06. The highest BCUT2D eigenvalue weighted by molar-refractivity contribution is 5.80. The summed E-state index contributed by atoms with van der Waals surface area (Å²) in [6.07, 6.45) is 1.27. The van der Waals surface area contributed by atoms with Gasteiger partial charge < -0.3 is 10.1 Å². The summed E-state index contributed by atoms with van der Waals surface area (Å²) in [4.78, 5) is 12.3. The average molecular weight is 352 g/mol. The number of hydrogen-bond donors (Lipinski definition) is 1. The quantitative estimate of drug-likeness (QED) is 0.766. The number of amides is 1. The van der Waals surface area contributed by atoms with Gasteiger partial charge in [0.15, 0.2) is 17.6 Å². The number of benzene rings is 1. The summed E-state index contributed by atoms with van der Waals surface area (Å²) in [6, 6.07) is 13.5. The van der Waals surface area contributed by atoms with E-state index in [4.69, 9.17) is 4.74 Å². The topological polar surface area (TPSA) is 68.5 Å². The van der Waals surface area contributed by atoms with Gasteiger partial charge >= 0.3 is 0 Å². The van der Waals surface area contributed by atoms with E-state index in [0.717, 1.165) is 5.65 Å². The number of hydrogen-bond acceptors (Lipinski definition) is 4. The number of carbonyl (C=O) groups is 1. The molecule has 0 fully saturated rings. The molecule has 2 heterocycles. The van der Waals surface area contributed by atoms with Crippen molar-refractivity contribution in [2.75, 3.05) is 0 Å². The highest BCUT2D eigenvalue weighted by Crippen LogP contribution is 2.24. The third-order valence-electron chi connectivity index (χ3n) is 4.21. The van der Waals surface area contributed by atoms with Gasteiger partial charge in [-0.1, -0.05) is 39.0 Å². The van der Waals surface area contributed by atoms with Gasteiger partial charge in [-0.3, -0.25) is 9.20 Å². The number of nitrogens with one attached hydrogen (secondary N) is 1. The molecule has 26 heavy (non-hydrogen) atoms. The van der Waals surface area contributed by atoms with Crippen molar-refractivity contribution >= 4 is 11.6 Å². The number of fused-ring (bicyclic) bond motifs is 1. The largest absolute Gasteiger partial charge is 0.481 e. The molecule has 3 rings (SSSR count). The van der Waals surface area contributed by atoms with Crippen LogP contribution in [0.15, 0.2) is 48.7 Å². The van der Waals surface area contributed by atoms with Gasteiger partial charge in [0.25, 0.3) is 5.91 Å². The van der Waals surface area contributed by atoms with Gasteiger partial charge in [0.1, 0.15) is 5.75 Å². The lowest BCUT2D eigenvalue weighted by Gasteiger charge is -2.20. The number of aromatic nitrogens is 3. The van der Waals surface area contributed by atoms with Gasteiger partial charge in [0, 0.05) is 6.20 Å². The second-order valence-corrected chi connectivity index (χ2v) is 7.30. The molecule has 0 aliphatic heterocycles. The van der Waals surface area contributed by atoms with E-state index >= 15 is 0 Å². The fraction of sp³-hybridized carbons (Fsp3) is 0.350. The van der Waals surface area contributed by atoms with E-state index in [1.54, 1.807) is 6.92 Å². The Bertz CT molecular complexity index is 894. The zero-order valence-electron chi connectivity index (χ0n) is 15.6. The van der Waals surface area contributed by atoms with E-state index in [9.17, 15) is 4.79 Å². The van der Waals surface area contributed by atoms with Crippen LogP contribution in [0.3, 0.4) is 0 Å². The minimum Gasteiger partial charge on any atom is -0.481 e. The van der Waals surface area contributed by atoms with Crippen LogP contribution < -0.4 is 10.1 Å². The summed E-state index contributed by atoms with van der Waals surface area (Å²) in [7, 11) is 0. The molecule has 0 radical (unpaired) electrons. The summed E-state index contributed by atoms with van der Waals surface area (Å²) >= 11 is 0. The third-order valence-corrected chi connectivity index (χ3v) is 4.21. The summed E-state index contributed by atoms with van der Waals surface area (Å²) in [5, 5.41) is 11.0. The summed E-state index contributed by atoms with van der Waals surface area (Å²) in [6.45, 7) is 8.50. The van der Waals surface area contributed by atoms with E-state index in [-0.39, 0.29) is 11.3 Å². The van der Waals surface area contributed by atoms with E-state index < -0.39 is 6.10 Å². The average Bonchev–Trinajstić information content (AvgIpc) is 3.02. The molecule has 1 atom stereocenters. The van der Waals surface area contributed by atoms with E-state index in [1.807, 2.05) is 53.1 Å². The van der Waals surface area contributed by atoms with Gasteiger partial charge in [-0.05, 0) is 42.2 Å². The lowest BCUT2D eigenvalue weighted by Crippen LogP contribution is -2.36. The molecule has 136 valence electrons. The smallest absolute Gasteiger partial charge is 0.261 e. The minimum absolute atomic E-state index is 0.0859. The lowest BCUT2D eigenvalue weighted by atomic mass is 9.87. The number of nitrogens with zero attached hydrogens (tertiary/aromatic N) is 3. The Balaban J connectivity index is 1.58. The molecular weight excluding hydrogens is 328 g/mol. The third kappa shape index (κ3) is 4.02. The summed E-state index contributed by atoms with van der Waals surface area (Å²) < 4.78 is 7.59. The Morgan fingerprint density at radius 1 is 1.15 bits per heavy atom. The molecular formula is C20H24N4O2. The second kappa shape index (κ2) is 7.15. The molecule has 0 aliphatic carbocycles. The maximum atomic E-state index is 12.3. The van der Waals surface area contributed by atoms with Gasteiger partial charge in [-0.25, -0.2) is 0 Å². The molecule has 0 bridgehead atoms. The van der Waals surface area contributed by atoms with Crippen LogP contribution in [0.4, 0.5) is 0 Å². The molecule has 0 saturated carbocycles. The zero-order chi connectivity index (χ0) is 18.7. The van der Waals surface area contributed by atoms with Gasteiger partial charge in [-0.15, -0.1) is 10.2 Å². The lowest BCUT2D eigenvalue weighted by molar-refractivity contribution is -0.127. The van der Waals surface area contributed by atoms with Crippen molar-refractivity contribution in [3.63, 3.8) is 0 Å².